The lowest BCUT2D eigenvalue weighted by atomic mass is 9.87. The van der Waals surface area contributed by atoms with Crippen molar-refractivity contribution < 1.29 is 27.8 Å². The van der Waals surface area contributed by atoms with Crippen molar-refractivity contribution in [3.05, 3.63) is 24.3 Å². The summed E-state index contributed by atoms with van der Waals surface area (Å²) < 4.78 is 38.2. The summed E-state index contributed by atoms with van der Waals surface area (Å²) in [4.78, 5) is 11.1. The molecule has 0 amide bonds. The van der Waals surface area contributed by atoms with E-state index in [-0.39, 0.29) is 16.9 Å². The molecule has 0 spiro atoms. The smallest absolute Gasteiger partial charge is 0.306 e. The first-order chi connectivity index (χ1) is 11.9. The molecule has 7 nitrogen and oxygen atoms in total. The molecule has 140 valence electrons. The zero-order valence-electron chi connectivity index (χ0n) is 14.3. The van der Waals surface area contributed by atoms with Crippen molar-refractivity contribution in [1.29, 1.82) is 0 Å². The van der Waals surface area contributed by atoms with E-state index in [2.05, 4.69) is 4.72 Å². The summed E-state index contributed by atoms with van der Waals surface area (Å²) in [7, 11) is -3.62. The second-order valence-corrected chi connectivity index (χ2v) is 7.74. The Morgan fingerprint density at radius 1 is 1.16 bits per heavy atom. The van der Waals surface area contributed by atoms with Gasteiger partial charge in [-0.15, -0.1) is 0 Å². The van der Waals surface area contributed by atoms with Gasteiger partial charge in [-0.05, 0) is 56.9 Å². The van der Waals surface area contributed by atoms with Crippen LogP contribution in [0.4, 0.5) is 0 Å². The third-order valence-corrected chi connectivity index (χ3v) is 5.77. The predicted octanol–water partition coefficient (Wildman–Crippen LogP) is 2.02. The number of nitrogens with one attached hydrogen (secondary N) is 1. The van der Waals surface area contributed by atoms with Gasteiger partial charge in [-0.3, -0.25) is 4.79 Å². The predicted molar refractivity (Wildman–Crippen MR) is 92.1 cm³/mol. The largest absolute Gasteiger partial charge is 0.491 e. The van der Waals surface area contributed by atoms with Gasteiger partial charge < -0.3 is 14.6 Å². The summed E-state index contributed by atoms with van der Waals surface area (Å²) >= 11 is 0. The molecule has 0 unspecified atom stereocenters. The summed E-state index contributed by atoms with van der Waals surface area (Å²) in [5.41, 5.74) is 0. The number of aliphatic carboxylic acids is 1. The van der Waals surface area contributed by atoms with E-state index in [9.17, 15) is 13.2 Å². The van der Waals surface area contributed by atoms with E-state index in [1.165, 1.54) is 12.1 Å². The highest BCUT2D eigenvalue weighted by Gasteiger charge is 2.28. The van der Waals surface area contributed by atoms with E-state index < -0.39 is 16.0 Å². The van der Waals surface area contributed by atoms with E-state index in [1.807, 2.05) is 6.92 Å². The lowest BCUT2D eigenvalue weighted by Crippen LogP contribution is -2.38. The number of sulfonamides is 1. The lowest BCUT2D eigenvalue weighted by molar-refractivity contribution is -0.142. The summed E-state index contributed by atoms with van der Waals surface area (Å²) in [6, 6.07) is 6.01. The van der Waals surface area contributed by atoms with Crippen LogP contribution in [-0.4, -0.2) is 45.4 Å². The van der Waals surface area contributed by atoms with Gasteiger partial charge in [-0.2, -0.15) is 0 Å². The van der Waals surface area contributed by atoms with Crippen LogP contribution in [0.5, 0.6) is 5.75 Å². The number of benzene rings is 1. The maximum absolute atomic E-state index is 12.4. The first kappa shape index (κ1) is 19.7. The quantitative estimate of drug-likeness (QED) is 0.644. The molecule has 1 aliphatic carbocycles. The highest BCUT2D eigenvalue weighted by atomic mass is 32.2. The summed E-state index contributed by atoms with van der Waals surface area (Å²) in [5.74, 6) is -0.587. The highest BCUT2D eigenvalue weighted by Crippen LogP contribution is 2.26. The molecule has 2 rings (SSSR count). The average Bonchev–Trinajstić information content (AvgIpc) is 2.59. The molecule has 0 saturated heterocycles. The van der Waals surface area contributed by atoms with Crippen molar-refractivity contribution in [3.8, 4) is 5.75 Å². The fraction of sp³-hybridized carbons (Fsp3) is 0.588. The molecule has 0 aliphatic heterocycles. The fourth-order valence-corrected chi connectivity index (χ4v) is 4.13. The van der Waals surface area contributed by atoms with Crippen molar-refractivity contribution in [1.82, 2.24) is 4.72 Å². The Kier molecular flexibility index (Phi) is 7.22. The third kappa shape index (κ3) is 5.98. The molecular weight excluding hydrogens is 346 g/mol. The van der Waals surface area contributed by atoms with Gasteiger partial charge in [0.05, 0.1) is 17.4 Å². The van der Waals surface area contributed by atoms with E-state index in [0.717, 1.165) is 0 Å². The van der Waals surface area contributed by atoms with Crippen molar-refractivity contribution in [3.63, 3.8) is 0 Å². The Morgan fingerprint density at radius 3 is 2.36 bits per heavy atom. The zero-order chi connectivity index (χ0) is 18.3. The first-order valence-corrected chi connectivity index (χ1v) is 9.96. The van der Waals surface area contributed by atoms with Gasteiger partial charge in [0.1, 0.15) is 12.4 Å². The molecule has 0 bridgehead atoms. The van der Waals surface area contributed by atoms with Crippen molar-refractivity contribution in [2.24, 2.45) is 5.92 Å². The molecule has 0 radical (unpaired) electrons. The number of hydrogen-bond donors (Lipinski definition) is 2. The van der Waals surface area contributed by atoms with Gasteiger partial charge in [0.2, 0.25) is 10.0 Å². The summed E-state index contributed by atoms with van der Waals surface area (Å²) in [6.07, 6.45) is 2.06. The van der Waals surface area contributed by atoms with E-state index >= 15 is 0 Å². The van der Waals surface area contributed by atoms with Crippen LogP contribution >= 0.6 is 0 Å². The molecule has 0 heterocycles. The molecular formula is C17H25NO6S. The lowest BCUT2D eigenvalue weighted by Gasteiger charge is -2.26. The normalized spacial score (nSPS) is 21.0. The third-order valence-electron chi connectivity index (χ3n) is 4.23. The molecule has 1 aromatic rings. The van der Waals surface area contributed by atoms with Crippen LogP contribution in [0, 0.1) is 5.92 Å². The van der Waals surface area contributed by atoms with E-state index in [0.29, 0.717) is 51.3 Å². The molecule has 1 fully saturated rings. The topological polar surface area (TPSA) is 102 Å². The standard InChI is InChI=1S/C17H25NO6S/c1-2-23-11-12-24-15-7-9-16(10-8-15)25(21,22)18-14-5-3-13(4-6-14)17(19)20/h7-10,13-14,18H,2-6,11-12H2,1H3,(H,19,20). The summed E-state index contributed by atoms with van der Waals surface area (Å²) in [5, 5.41) is 8.99. The zero-order valence-corrected chi connectivity index (χ0v) is 15.1. The molecule has 1 aliphatic rings. The minimum atomic E-state index is -3.62. The number of hydrogen-bond acceptors (Lipinski definition) is 5. The Bertz CT molecular complexity index is 650. The van der Waals surface area contributed by atoms with Gasteiger partial charge in [0, 0.05) is 12.6 Å². The minimum absolute atomic E-state index is 0.171. The van der Waals surface area contributed by atoms with Crippen molar-refractivity contribution >= 4 is 16.0 Å². The number of carboxylic acid groups (broad SMARTS) is 1. The van der Waals surface area contributed by atoms with Gasteiger partial charge in [0.15, 0.2) is 0 Å². The molecule has 1 aromatic carbocycles. The maximum atomic E-state index is 12.4. The van der Waals surface area contributed by atoms with E-state index in [4.69, 9.17) is 14.6 Å². The van der Waals surface area contributed by atoms with Crippen LogP contribution in [-0.2, 0) is 19.6 Å². The highest BCUT2D eigenvalue weighted by molar-refractivity contribution is 7.89. The Balaban J connectivity index is 1.88. The molecule has 1 saturated carbocycles. The van der Waals surface area contributed by atoms with Crippen LogP contribution in [0.15, 0.2) is 29.2 Å². The number of ether oxygens (including phenoxy) is 2. The number of rotatable bonds is 9. The Morgan fingerprint density at radius 2 is 1.80 bits per heavy atom. The molecule has 0 atom stereocenters. The van der Waals surface area contributed by atoms with Crippen LogP contribution in [0.2, 0.25) is 0 Å². The fourth-order valence-electron chi connectivity index (χ4n) is 2.82. The molecule has 0 aromatic heterocycles. The van der Waals surface area contributed by atoms with Crippen LogP contribution < -0.4 is 9.46 Å². The second-order valence-electron chi connectivity index (χ2n) is 6.02. The number of carboxylic acids is 1. The average molecular weight is 371 g/mol. The number of carbonyl (C=O) groups is 1. The minimum Gasteiger partial charge on any atom is -0.491 e. The van der Waals surface area contributed by atoms with Crippen molar-refractivity contribution in [2.75, 3.05) is 19.8 Å². The van der Waals surface area contributed by atoms with Gasteiger partial charge >= 0.3 is 5.97 Å². The molecule has 8 heteroatoms. The Labute approximate surface area is 148 Å². The van der Waals surface area contributed by atoms with Crippen molar-refractivity contribution in [2.45, 2.75) is 43.5 Å². The Hall–Kier alpha value is -1.64. The second kappa shape index (κ2) is 9.17. The van der Waals surface area contributed by atoms with Gasteiger partial charge in [0.25, 0.3) is 0 Å². The SMILES string of the molecule is CCOCCOc1ccc(S(=O)(=O)NC2CCC(C(=O)O)CC2)cc1. The monoisotopic (exact) mass is 371 g/mol. The maximum Gasteiger partial charge on any atom is 0.306 e. The van der Waals surface area contributed by atoms with Crippen LogP contribution in [0.3, 0.4) is 0 Å². The van der Waals surface area contributed by atoms with E-state index in [1.54, 1.807) is 12.1 Å². The summed E-state index contributed by atoms with van der Waals surface area (Å²) in [6.45, 7) is 3.42. The van der Waals surface area contributed by atoms with Gasteiger partial charge in [-0.1, -0.05) is 0 Å². The van der Waals surface area contributed by atoms with Crippen LogP contribution in [0.25, 0.3) is 0 Å². The molecule has 25 heavy (non-hydrogen) atoms. The first-order valence-electron chi connectivity index (χ1n) is 8.48. The van der Waals surface area contributed by atoms with Crippen LogP contribution in [0.1, 0.15) is 32.6 Å². The molecule has 2 N–H and O–H groups in total. The van der Waals surface area contributed by atoms with Gasteiger partial charge in [-0.25, -0.2) is 13.1 Å².